The van der Waals surface area contributed by atoms with E-state index in [1.807, 2.05) is 0 Å². The first-order chi connectivity index (χ1) is 26.1. The Kier molecular flexibility index (Phi) is 14.8. The second-order valence-corrected chi connectivity index (χ2v) is 12.1. The number of alkyl halides is 6. The number of para-hydroxylation sites is 1. The SMILES string of the molecule is C=C=C(NCC(F)(F)F)OC[C@@H]1CO[C@H](CCc2c(F)cccc2NC(=C=C)[C@@H](NC(=O)OC)[C@@H](c2ccc(F)cc2)c2ccccc2OC(F)(F)F)CN1. The predicted octanol–water partition coefficient (Wildman–Crippen LogP) is 7.59. The van der Waals surface area contributed by atoms with E-state index < -0.39 is 60.6 Å². The summed E-state index contributed by atoms with van der Waals surface area (Å²) in [5, 5.41) is 10.9. The molecule has 0 saturated carbocycles. The molecule has 0 aromatic heterocycles. The van der Waals surface area contributed by atoms with Crippen LogP contribution in [-0.2, 0) is 20.6 Å². The van der Waals surface area contributed by atoms with Gasteiger partial charge in [-0.2, -0.15) is 13.2 Å². The molecule has 1 saturated heterocycles. The highest BCUT2D eigenvalue weighted by Gasteiger charge is 2.37. The minimum atomic E-state index is -5.09. The van der Waals surface area contributed by atoms with Crippen molar-refractivity contribution < 1.29 is 58.9 Å². The van der Waals surface area contributed by atoms with E-state index in [1.165, 1.54) is 42.5 Å². The minimum Gasteiger partial charge on any atom is -0.472 e. The molecule has 17 heteroatoms. The van der Waals surface area contributed by atoms with E-state index in [4.69, 9.17) is 14.2 Å². The molecule has 1 amide bonds. The maximum atomic E-state index is 15.5. The van der Waals surface area contributed by atoms with Gasteiger partial charge in [-0.15, -0.1) is 18.9 Å². The lowest BCUT2D eigenvalue weighted by Gasteiger charge is -2.32. The fourth-order valence-electron chi connectivity index (χ4n) is 5.79. The number of nitrogens with one attached hydrogen (secondary N) is 4. The standard InChI is InChI=1S/C38H38F8N4O5/c1-4-30(35(50-36(51)52-3)34(23-13-15-24(39)16-14-23)28-9-6-7-12-32(28)55-38(44,45)46)49-31-11-8-10-29(40)27(31)18-17-26-19-47-25(20-53-26)21-54-33(5-2)48-22-37(41,42)43/h6-16,25-26,34-35,47-49H,1-2,17-22H2,3H3,(H,50,51)/t25-,26+,34-,35+/m0/s1. The van der Waals surface area contributed by atoms with E-state index in [2.05, 4.69) is 50.6 Å². The topological polar surface area (TPSA) is 102 Å². The molecule has 3 aromatic rings. The number of halogens is 8. The summed E-state index contributed by atoms with van der Waals surface area (Å²) in [6.07, 6.45) is -10.5. The Balaban J connectivity index is 1.56. The predicted molar refractivity (Wildman–Crippen MR) is 186 cm³/mol. The van der Waals surface area contributed by atoms with Crippen LogP contribution in [-0.4, -0.2) is 70.2 Å². The van der Waals surface area contributed by atoms with Crippen LogP contribution in [0, 0.1) is 11.6 Å². The zero-order chi connectivity index (χ0) is 40.2. The van der Waals surface area contributed by atoms with Gasteiger partial charge in [0.1, 0.15) is 30.5 Å². The summed E-state index contributed by atoms with van der Waals surface area (Å²) in [6, 6.07) is 12.6. The zero-order valence-corrected chi connectivity index (χ0v) is 29.4. The normalized spacial score (nSPS) is 16.7. The summed E-state index contributed by atoms with van der Waals surface area (Å²) in [7, 11) is 1.08. The number of hydrogen-bond donors (Lipinski definition) is 4. The number of morpholine rings is 1. The largest absolute Gasteiger partial charge is 0.573 e. The molecule has 1 fully saturated rings. The molecule has 0 bridgehead atoms. The molecule has 4 atom stereocenters. The summed E-state index contributed by atoms with van der Waals surface area (Å²) < 4.78 is 128. The van der Waals surface area contributed by atoms with E-state index in [0.717, 1.165) is 25.3 Å². The summed E-state index contributed by atoms with van der Waals surface area (Å²) in [5.74, 6) is -3.29. The molecule has 4 N–H and O–H groups in total. The molecule has 0 unspecified atom stereocenters. The van der Waals surface area contributed by atoms with E-state index in [0.29, 0.717) is 13.0 Å². The molecule has 1 aliphatic rings. The summed E-state index contributed by atoms with van der Waals surface area (Å²) in [5.41, 5.74) is 5.55. The van der Waals surface area contributed by atoms with Gasteiger partial charge in [0, 0.05) is 29.3 Å². The van der Waals surface area contributed by atoms with Gasteiger partial charge in [-0.3, -0.25) is 0 Å². The van der Waals surface area contributed by atoms with Gasteiger partial charge in [0.05, 0.1) is 37.6 Å². The molecule has 9 nitrogen and oxygen atoms in total. The van der Waals surface area contributed by atoms with Crippen LogP contribution in [0.3, 0.4) is 0 Å². The van der Waals surface area contributed by atoms with Crippen LogP contribution in [0.2, 0.25) is 0 Å². The Morgan fingerprint density at radius 3 is 2.35 bits per heavy atom. The van der Waals surface area contributed by atoms with Gasteiger partial charge in [-0.05, 0) is 48.7 Å². The molecule has 0 aliphatic carbocycles. The number of carbonyl (C=O) groups is 1. The lowest BCUT2D eigenvalue weighted by atomic mass is 9.82. The highest BCUT2D eigenvalue weighted by molar-refractivity contribution is 5.69. The highest BCUT2D eigenvalue weighted by atomic mass is 19.4. The van der Waals surface area contributed by atoms with Crippen LogP contribution >= 0.6 is 0 Å². The number of hydrogen-bond acceptors (Lipinski definition) is 8. The number of amides is 1. The number of rotatable bonds is 16. The van der Waals surface area contributed by atoms with Gasteiger partial charge in [0.15, 0.2) is 0 Å². The average molecular weight is 783 g/mol. The minimum absolute atomic E-state index is 0.00974. The molecule has 4 rings (SSSR count). The third-order valence-electron chi connectivity index (χ3n) is 8.31. The van der Waals surface area contributed by atoms with Gasteiger partial charge in [-0.25, -0.2) is 13.6 Å². The number of benzene rings is 3. The van der Waals surface area contributed by atoms with Gasteiger partial charge < -0.3 is 40.2 Å². The van der Waals surface area contributed by atoms with Gasteiger partial charge in [-0.1, -0.05) is 55.3 Å². The van der Waals surface area contributed by atoms with Crippen molar-refractivity contribution in [1.29, 1.82) is 0 Å². The maximum absolute atomic E-state index is 15.5. The average Bonchev–Trinajstić information content (AvgIpc) is 3.14. The van der Waals surface area contributed by atoms with Crippen molar-refractivity contribution >= 4 is 11.8 Å². The number of ether oxygens (including phenoxy) is 4. The quantitative estimate of drug-likeness (QED) is 0.0671. The number of alkyl carbamates (subject to hydrolysis) is 1. The molecule has 55 heavy (non-hydrogen) atoms. The lowest BCUT2D eigenvalue weighted by Crippen LogP contribution is -2.49. The zero-order valence-electron chi connectivity index (χ0n) is 29.4. The van der Waals surface area contributed by atoms with Crippen LogP contribution in [0.15, 0.2) is 103 Å². The molecule has 0 spiro atoms. The molecule has 1 heterocycles. The second kappa shape index (κ2) is 19.2. The van der Waals surface area contributed by atoms with Crippen LogP contribution in [0.5, 0.6) is 5.75 Å². The van der Waals surface area contributed by atoms with Crippen LogP contribution in [0.1, 0.15) is 29.0 Å². The van der Waals surface area contributed by atoms with E-state index in [1.54, 1.807) is 6.07 Å². The van der Waals surface area contributed by atoms with Gasteiger partial charge >= 0.3 is 18.6 Å². The third kappa shape index (κ3) is 12.8. The first kappa shape index (κ1) is 42.3. The van der Waals surface area contributed by atoms with Crippen molar-refractivity contribution in [3.8, 4) is 5.75 Å². The fourth-order valence-corrected chi connectivity index (χ4v) is 5.79. The first-order valence-electron chi connectivity index (χ1n) is 16.7. The lowest BCUT2D eigenvalue weighted by molar-refractivity contribution is -0.275. The van der Waals surface area contributed by atoms with Crippen molar-refractivity contribution in [3.63, 3.8) is 0 Å². The molecule has 1 aliphatic heterocycles. The van der Waals surface area contributed by atoms with E-state index >= 15 is 4.39 Å². The molecular formula is C38H38F8N4O5. The Bertz CT molecular complexity index is 1850. The van der Waals surface area contributed by atoms with Crippen LogP contribution in [0.25, 0.3) is 0 Å². The smallest absolute Gasteiger partial charge is 0.472 e. The Hall–Kier alpha value is -5.47. The van der Waals surface area contributed by atoms with E-state index in [-0.39, 0.29) is 59.6 Å². The Morgan fingerprint density at radius 2 is 1.73 bits per heavy atom. The molecule has 3 aromatic carbocycles. The number of methoxy groups -OCH3 is 1. The van der Waals surface area contributed by atoms with Gasteiger partial charge in [0.2, 0.25) is 5.88 Å². The summed E-state index contributed by atoms with van der Waals surface area (Å²) in [6.45, 7) is 6.11. The van der Waals surface area contributed by atoms with Crippen molar-refractivity contribution in [2.75, 3.05) is 38.7 Å². The molecule has 296 valence electrons. The molecular weight excluding hydrogens is 744 g/mol. The number of carbonyl (C=O) groups excluding carboxylic acids is 1. The van der Waals surface area contributed by atoms with Crippen LogP contribution < -0.4 is 26.0 Å². The maximum Gasteiger partial charge on any atom is 0.573 e. The summed E-state index contributed by atoms with van der Waals surface area (Å²) >= 11 is 0. The Morgan fingerprint density at radius 1 is 1.00 bits per heavy atom. The highest BCUT2D eigenvalue weighted by Crippen LogP contribution is 2.39. The second-order valence-electron chi connectivity index (χ2n) is 12.1. The summed E-state index contributed by atoms with van der Waals surface area (Å²) in [4.78, 5) is 12.8. The monoisotopic (exact) mass is 782 g/mol. The molecule has 0 radical (unpaired) electrons. The number of anilines is 1. The fraction of sp³-hybridized carbons (Fsp3) is 0.342. The first-order valence-corrected chi connectivity index (χ1v) is 16.7. The van der Waals surface area contributed by atoms with Crippen molar-refractivity contribution in [2.45, 2.75) is 49.5 Å². The van der Waals surface area contributed by atoms with Crippen molar-refractivity contribution in [1.82, 2.24) is 16.0 Å². The van der Waals surface area contributed by atoms with E-state index in [9.17, 15) is 35.5 Å². The van der Waals surface area contributed by atoms with Gasteiger partial charge in [0.25, 0.3) is 0 Å². The van der Waals surface area contributed by atoms with Crippen molar-refractivity contribution in [3.05, 3.63) is 131 Å². The Labute approximate surface area is 311 Å². The third-order valence-corrected chi connectivity index (χ3v) is 8.31. The van der Waals surface area contributed by atoms with Crippen LogP contribution in [0.4, 0.5) is 45.6 Å². The van der Waals surface area contributed by atoms with Crippen molar-refractivity contribution in [2.24, 2.45) is 0 Å².